The van der Waals surface area contributed by atoms with Crippen molar-refractivity contribution in [2.24, 2.45) is 0 Å². The Hall–Kier alpha value is -0.625. The van der Waals surface area contributed by atoms with E-state index in [1.807, 2.05) is 0 Å². The number of aliphatic hydroxyl groups is 1. The normalized spacial score (nSPS) is 20.3. The molecule has 0 spiro atoms. The molecule has 0 radical (unpaired) electrons. The minimum Gasteiger partial charge on any atom is -0.409 e. The van der Waals surface area contributed by atoms with Gasteiger partial charge in [0.05, 0.1) is 0 Å². The number of fused-ring (bicyclic) bond motifs is 1. The quantitative estimate of drug-likeness (QED) is 0.370. The molecule has 1 aromatic rings. The Morgan fingerprint density at radius 3 is 2.82 bits per heavy atom. The molecule has 1 aliphatic rings. The van der Waals surface area contributed by atoms with E-state index in [1.54, 1.807) is 0 Å². The zero-order valence-corrected chi connectivity index (χ0v) is 6.67. The third-order valence-corrected chi connectivity index (χ3v) is 2.27. The highest BCUT2D eigenvalue weighted by Crippen LogP contribution is 1.88. The van der Waals surface area contributed by atoms with Crippen LogP contribution in [0.1, 0.15) is 0 Å². The van der Waals surface area contributed by atoms with Crippen molar-refractivity contribution >= 4 is 38.8 Å². The van der Waals surface area contributed by atoms with Crippen LogP contribution >= 0.6 is 0 Å². The van der Waals surface area contributed by atoms with Gasteiger partial charge in [0.2, 0.25) is 0 Å². The summed E-state index contributed by atoms with van der Waals surface area (Å²) >= 11 is 0. The van der Waals surface area contributed by atoms with Crippen molar-refractivity contribution in [3.8, 4) is 0 Å². The van der Waals surface area contributed by atoms with E-state index in [2.05, 4.69) is 26.0 Å². The number of benzene rings is 1. The summed E-state index contributed by atoms with van der Waals surface area (Å²) in [7, 11) is 3.78. The molecule has 0 bridgehead atoms. The highest BCUT2D eigenvalue weighted by atomic mass is 16.3. The number of rotatable bonds is 0. The molecule has 0 amide bonds. The van der Waals surface area contributed by atoms with Crippen LogP contribution in [0.15, 0.2) is 18.2 Å². The van der Waals surface area contributed by atoms with Crippen LogP contribution in [0.2, 0.25) is 0 Å². The Balaban J connectivity index is 2.43. The molecule has 4 heteroatoms. The maximum atomic E-state index is 9.34. The van der Waals surface area contributed by atoms with Crippen molar-refractivity contribution in [3.63, 3.8) is 0 Å². The fraction of sp³-hybridized carbons (Fsp3) is 0.143. The zero-order chi connectivity index (χ0) is 7.84. The fourth-order valence-electron chi connectivity index (χ4n) is 1.72. The van der Waals surface area contributed by atoms with Crippen LogP contribution in [0.4, 0.5) is 0 Å². The highest BCUT2D eigenvalue weighted by molar-refractivity contribution is 6.83. The zero-order valence-electron chi connectivity index (χ0n) is 6.67. The van der Waals surface area contributed by atoms with E-state index < -0.39 is 0 Å². The third kappa shape index (κ3) is 1.23. The van der Waals surface area contributed by atoms with Crippen LogP contribution in [0.5, 0.6) is 0 Å². The second-order valence-electron chi connectivity index (χ2n) is 3.33. The van der Waals surface area contributed by atoms with Crippen molar-refractivity contribution in [2.75, 3.05) is 0 Å². The first-order valence-electron chi connectivity index (χ1n) is 4.02. The SMILES string of the molecule is Bc1ccc2c(c1)BC(O)B2. The average molecular weight is 142 g/mol. The van der Waals surface area contributed by atoms with Gasteiger partial charge >= 0.3 is 0 Å². The lowest BCUT2D eigenvalue weighted by molar-refractivity contribution is 0.328. The van der Waals surface area contributed by atoms with Crippen LogP contribution < -0.4 is 16.4 Å². The predicted molar refractivity (Wildman–Crippen MR) is 54.2 cm³/mol. The molecular formula is C7H9B3O. The van der Waals surface area contributed by atoms with Gasteiger partial charge in [0, 0.05) is 5.90 Å². The lowest BCUT2D eigenvalue weighted by atomic mass is 9.59. The molecule has 52 valence electrons. The van der Waals surface area contributed by atoms with Crippen LogP contribution in [0, 0.1) is 0 Å². The van der Waals surface area contributed by atoms with Crippen molar-refractivity contribution in [2.45, 2.75) is 5.90 Å². The van der Waals surface area contributed by atoms with Gasteiger partial charge in [-0.15, -0.1) is 0 Å². The van der Waals surface area contributed by atoms with E-state index in [0.29, 0.717) is 0 Å². The Morgan fingerprint density at radius 1 is 1.27 bits per heavy atom. The Kier molecular flexibility index (Phi) is 1.57. The summed E-state index contributed by atoms with van der Waals surface area (Å²) in [5.74, 6) is -0.133. The molecule has 1 heterocycles. The third-order valence-electron chi connectivity index (χ3n) is 2.27. The second-order valence-corrected chi connectivity index (χ2v) is 3.33. The summed E-state index contributed by atoms with van der Waals surface area (Å²) in [4.78, 5) is 0. The second kappa shape index (κ2) is 2.45. The molecular weight excluding hydrogens is 133 g/mol. The molecule has 0 saturated carbocycles. The van der Waals surface area contributed by atoms with E-state index in [-0.39, 0.29) is 5.90 Å². The standard InChI is InChI=1S/C7H9B3O/c8-4-1-2-5-6(3-4)10-7(11)9-5/h1-3,7,9-11H,8H2. The average Bonchev–Trinajstić information content (AvgIpc) is 2.27. The van der Waals surface area contributed by atoms with E-state index in [0.717, 1.165) is 14.6 Å². The smallest absolute Gasteiger partial charge is 0.181 e. The highest BCUT2D eigenvalue weighted by Gasteiger charge is 2.21. The van der Waals surface area contributed by atoms with Gasteiger partial charge in [-0.1, -0.05) is 34.6 Å². The first-order chi connectivity index (χ1) is 5.25. The van der Waals surface area contributed by atoms with Crippen LogP contribution in [0.3, 0.4) is 0 Å². The monoisotopic (exact) mass is 142 g/mol. The molecule has 1 nitrogen and oxygen atoms in total. The van der Waals surface area contributed by atoms with Crippen LogP contribution in [-0.2, 0) is 0 Å². The summed E-state index contributed by atoms with van der Waals surface area (Å²) in [5.41, 5.74) is 3.94. The molecule has 1 N–H and O–H groups in total. The summed E-state index contributed by atoms with van der Waals surface area (Å²) in [6, 6.07) is 6.41. The van der Waals surface area contributed by atoms with Gasteiger partial charge < -0.3 is 5.11 Å². The van der Waals surface area contributed by atoms with Gasteiger partial charge in [0.25, 0.3) is 0 Å². The van der Waals surface area contributed by atoms with E-state index in [4.69, 9.17) is 0 Å². The van der Waals surface area contributed by atoms with Crippen molar-refractivity contribution in [3.05, 3.63) is 18.2 Å². The predicted octanol–water partition coefficient (Wildman–Crippen LogP) is -3.64. The van der Waals surface area contributed by atoms with Gasteiger partial charge in [0.15, 0.2) is 14.6 Å². The first-order valence-corrected chi connectivity index (χ1v) is 4.02. The molecule has 11 heavy (non-hydrogen) atoms. The Morgan fingerprint density at radius 2 is 2.00 bits per heavy atom. The van der Waals surface area contributed by atoms with Crippen LogP contribution in [0.25, 0.3) is 0 Å². The molecule has 1 aliphatic heterocycles. The van der Waals surface area contributed by atoms with Crippen molar-refractivity contribution in [1.29, 1.82) is 0 Å². The van der Waals surface area contributed by atoms with Gasteiger partial charge in [0.1, 0.15) is 7.85 Å². The fourth-order valence-corrected chi connectivity index (χ4v) is 1.72. The summed E-state index contributed by atoms with van der Waals surface area (Å²) in [5, 5.41) is 9.34. The summed E-state index contributed by atoms with van der Waals surface area (Å²) < 4.78 is 0. The van der Waals surface area contributed by atoms with Crippen LogP contribution in [-0.4, -0.2) is 33.4 Å². The van der Waals surface area contributed by atoms with E-state index in [9.17, 15) is 5.11 Å². The summed E-state index contributed by atoms with van der Waals surface area (Å²) in [6.45, 7) is 0. The molecule has 0 aliphatic carbocycles. The van der Waals surface area contributed by atoms with Gasteiger partial charge in [-0.2, -0.15) is 0 Å². The lowest BCUT2D eigenvalue weighted by Gasteiger charge is -1.98. The van der Waals surface area contributed by atoms with E-state index in [1.165, 1.54) is 16.4 Å². The molecule has 1 unspecified atom stereocenters. The molecule has 0 aromatic heterocycles. The lowest BCUT2D eigenvalue weighted by Crippen LogP contribution is -2.29. The van der Waals surface area contributed by atoms with Crippen molar-refractivity contribution in [1.82, 2.24) is 0 Å². The largest absolute Gasteiger partial charge is 0.409 e. The minimum atomic E-state index is -0.133. The number of hydrogen-bond donors (Lipinski definition) is 1. The molecule has 1 atom stereocenters. The first kappa shape index (κ1) is 7.05. The molecule has 1 aromatic carbocycles. The van der Waals surface area contributed by atoms with E-state index >= 15 is 0 Å². The van der Waals surface area contributed by atoms with Crippen molar-refractivity contribution < 1.29 is 5.11 Å². The molecule has 2 rings (SSSR count). The number of aliphatic hydroxyl groups excluding tert-OH is 1. The Labute approximate surface area is 68.7 Å². The maximum absolute atomic E-state index is 9.34. The van der Waals surface area contributed by atoms with Gasteiger partial charge in [-0.05, 0) is 0 Å². The maximum Gasteiger partial charge on any atom is 0.181 e. The topological polar surface area (TPSA) is 20.2 Å². The van der Waals surface area contributed by atoms with Gasteiger partial charge in [-0.3, -0.25) is 0 Å². The van der Waals surface area contributed by atoms with Gasteiger partial charge in [-0.25, -0.2) is 0 Å². The Bertz CT molecular complexity index is 287. The molecule has 0 saturated heterocycles. The summed E-state index contributed by atoms with van der Waals surface area (Å²) in [6.07, 6.45) is 0. The molecule has 0 fully saturated rings. The number of hydrogen-bond acceptors (Lipinski definition) is 1. The minimum absolute atomic E-state index is 0.133.